The van der Waals surface area contributed by atoms with E-state index in [4.69, 9.17) is 22.1 Å². The van der Waals surface area contributed by atoms with Crippen LogP contribution in [-0.2, 0) is 15.1 Å². The molecule has 2 rings (SSSR count). The monoisotopic (exact) mass is 400 g/mol. The highest BCUT2D eigenvalue weighted by atomic mass is 35.5. The number of carbonyl (C=O) groups excluding carboxylic acids is 2. The fourth-order valence-electron chi connectivity index (χ4n) is 2.96. The molecule has 0 heterocycles. The highest BCUT2D eigenvalue weighted by Crippen LogP contribution is 2.29. The summed E-state index contributed by atoms with van der Waals surface area (Å²) in [5, 5.41) is 3.80. The van der Waals surface area contributed by atoms with Crippen molar-refractivity contribution in [2.24, 2.45) is 5.73 Å². The number of nitrogens with one attached hydrogen (secondary N) is 1. The molecule has 0 aliphatic rings. The van der Waals surface area contributed by atoms with Crippen molar-refractivity contribution in [1.29, 1.82) is 0 Å². The van der Waals surface area contributed by atoms with Crippen molar-refractivity contribution >= 4 is 29.5 Å². The Balaban J connectivity index is 2.06. The fourth-order valence-corrected chi connectivity index (χ4v) is 3.08. The van der Waals surface area contributed by atoms with E-state index in [2.05, 4.69) is 5.32 Å². The maximum absolute atomic E-state index is 12.5. The van der Waals surface area contributed by atoms with Gasteiger partial charge in [-0.05, 0) is 54.3 Å². The number of benzene rings is 2. The second-order valence-corrected chi connectivity index (χ2v) is 6.88. The zero-order valence-corrected chi connectivity index (χ0v) is 16.8. The molecule has 2 aromatic rings. The van der Waals surface area contributed by atoms with Crippen LogP contribution in [0, 0.1) is 0 Å². The number of halogens is 1. The van der Waals surface area contributed by atoms with E-state index in [1.165, 1.54) is 6.08 Å². The van der Waals surface area contributed by atoms with E-state index >= 15 is 0 Å². The molecule has 0 unspecified atom stereocenters. The number of primary amides is 1. The van der Waals surface area contributed by atoms with Gasteiger partial charge in [-0.2, -0.15) is 0 Å². The lowest BCUT2D eigenvalue weighted by Gasteiger charge is -2.33. The van der Waals surface area contributed by atoms with Gasteiger partial charge in [0.25, 0.3) is 5.91 Å². The van der Waals surface area contributed by atoms with Crippen LogP contribution in [-0.4, -0.2) is 18.4 Å². The minimum Gasteiger partial charge on any atom is -0.484 e. The standard InChI is InChI=1S/C22H25ClN2O3/c1-3-22(4-2,17-8-10-18(23)11-9-17)25-21(27)14-7-16-5-12-19(13-6-16)28-15-20(24)26/h5-14H,3-4,15H2,1-2H3,(H2,24,26)(H,25,27). The Labute approximate surface area is 170 Å². The number of carbonyl (C=O) groups is 2. The van der Waals surface area contributed by atoms with Crippen LogP contribution in [0.25, 0.3) is 6.08 Å². The van der Waals surface area contributed by atoms with E-state index in [1.807, 2.05) is 38.1 Å². The van der Waals surface area contributed by atoms with Crippen LogP contribution in [0.15, 0.2) is 54.6 Å². The van der Waals surface area contributed by atoms with Crippen molar-refractivity contribution in [1.82, 2.24) is 5.32 Å². The zero-order chi connectivity index (χ0) is 20.6. The first-order chi connectivity index (χ1) is 13.4. The van der Waals surface area contributed by atoms with Crippen LogP contribution in [0.5, 0.6) is 5.75 Å². The van der Waals surface area contributed by atoms with E-state index < -0.39 is 11.4 Å². The van der Waals surface area contributed by atoms with Gasteiger partial charge >= 0.3 is 0 Å². The van der Waals surface area contributed by atoms with Gasteiger partial charge in [0.2, 0.25) is 5.91 Å². The largest absolute Gasteiger partial charge is 0.484 e. The maximum Gasteiger partial charge on any atom is 0.255 e. The van der Waals surface area contributed by atoms with Gasteiger partial charge in [0.15, 0.2) is 6.61 Å². The molecular weight excluding hydrogens is 376 g/mol. The summed E-state index contributed by atoms with van der Waals surface area (Å²) in [6, 6.07) is 14.6. The number of ether oxygens (including phenoxy) is 1. The van der Waals surface area contributed by atoms with E-state index in [1.54, 1.807) is 30.3 Å². The predicted molar refractivity (Wildman–Crippen MR) is 112 cm³/mol. The SMILES string of the molecule is CCC(CC)(NC(=O)C=Cc1ccc(OCC(N)=O)cc1)c1ccc(Cl)cc1. The molecule has 0 fully saturated rings. The number of hydrogen-bond donors (Lipinski definition) is 2. The molecule has 0 aliphatic heterocycles. The van der Waals surface area contributed by atoms with Crippen molar-refractivity contribution in [3.05, 3.63) is 70.8 Å². The molecule has 2 aromatic carbocycles. The molecule has 0 bridgehead atoms. The second-order valence-electron chi connectivity index (χ2n) is 6.44. The first-order valence-corrected chi connectivity index (χ1v) is 9.53. The van der Waals surface area contributed by atoms with Gasteiger partial charge in [-0.3, -0.25) is 9.59 Å². The Hall–Kier alpha value is -2.79. The minimum absolute atomic E-state index is 0.168. The van der Waals surface area contributed by atoms with Crippen molar-refractivity contribution < 1.29 is 14.3 Å². The average molecular weight is 401 g/mol. The number of hydrogen-bond acceptors (Lipinski definition) is 3. The Morgan fingerprint density at radius 1 is 1.07 bits per heavy atom. The van der Waals surface area contributed by atoms with Crippen molar-refractivity contribution in [2.75, 3.05) is 6.61 Å². The quantitative estimate of drug-likeness (QED) is 0.623. The highest BCUT2D eigenvalue weighted by Gasteiger charge is 2.29. The van der Waals surface area contributed by atoms with Crippen LogP contribution >= 0.6 is 11.6 Å². The zero-order valence-electron chi connectivity index (χ0n) is 16.1. The van der Waals surface area contributed by atoms with E-state index in [9.17, 15) is 9.59 Å². The Morgan fingerprint density at radius 3 is 2.21 bits per heavy atom. The third kappa shape index (κ3) is 5.86. The molecule has 0 saturated carbocycles. The van der Waals surface area contributed by atoms with Crippen LogP contribution in [0.3, 0.4) is 0 Å². The van der Waals surface area contributed by atoms with Gasteiger partial charge in [0.05, 0.1) is 5.54 Å². The molecule has 0 saturated heterocycles. The smallest absolute Gasteiger partial charge is 0.255 e. The molecule has 6 heteroatoms. The summed E-state index contributed by atoms with van der Waals surface area (Å²) in [5.74, 6) is -0.163. The third-order valence-electron chi connectivity index (χ3n) is 4.65. The van der Waals surface area contributed by atoms with Crippen molar-refractivity contribution in [2.45, 2.75) is 32.2 Å². The van der Waals surface area contributed by atoms with Gasteiger partial charge in [0.1, 0.15) is 5.75 Å². The average Bonchev–Trinajstić information content (AvgIpc) is 2.70. The van der Waals surface area contributed by atoms with Gasteiger partial charge in [0, 0.05) is 11.1 Å². The first-order valence-electron chi connectivity index (χ1n) is 9.16. The third-order valence-corrected chi connectivity index (χ3v) is 4.91. The second kappa shape index (κ2) is 9.95. The normalized spacial score (nSPS) is 11.4. The molecule has 0 aromatic heterocycles. The van der Waals surface area contributed by atoms with E-state index in [0.29, 0.717) is 10.8 Å². The molecule has 0 radical (unpaired) electrons. The lowest BCUT2D eigenvalue weighted by atomic mass is 9.84. The summed E-state index contributed by atoms with van der Waals surface area (Å²) in [6.07, 6.45) is 4.76. The summed E-state index contributed by atoms with van der Waals surface area (Å²) in [5.41, 5.74) is 6.47. The van der Waals surface area contributed by atoms with Crippen LogP contribution < -0.4 is 15.8 Å². The molecular formula is C22H25ClN2O3. The highest BCUT2D eigenvalue weighted by molar-refractivity contribution is 6.30. The number of rotatable bonds is 9. The Bertz CT molecular complexity index is 826. The molecule has 3 N–H and O–H groups in total. The summed E-state index contributed by atoms with van der Waals surface area (Å²) < 4.78 is 5.21. The van der Waals surface area contributed by atoms with Gasteiger partial charge < -0.3 is 15.8 Å². The molecule has 28 heavy (non-hydrogen) atoms. The molecule has 2 amide bonds. The number of nitrogens with two attached hydrogens (primary N) is 1. The fraction of sp³-hybridized carbons (Fsp3) is 0.273. The van der Waals surface area contributed by atoms with Gasteiger partial charge in [-0.15, -0.1) is 0 Å². The summed E-state index contributed by atoms with van der Waals surface area (Å²) in [4.78, 5) is 23.3. The summed E-state index contributed by atoms with van der Waals surface area (Å²) in [7, 11) is 0. The van der Waals surface area contributed by atoms with E-state index in [0.717, 1.165) is 24.0 Å². The first kappa shape index (κ1) is 21.5. The number of amides is 2. The summed E-state index contributed by atoms with van der Waals surface area (Å²) in [6.45, 7) is 3.93. The minimum atomic E-state index is -0.531. The lowest BCUT2D eigenvalue weighted by Crippen LogP contribution is -2.44. The van der Waals surface area contributed by atoms with Crippen LogP contribution in [0.2, 0.25) is 5.02 Å². The Morgan fingerprint density at radius 2 is 1.68 bits per heavy atom. The van der Waals surface area contributed by atoms with Gasteiger partial charge in [-0.25, -0.2) is 0 Å². The predicted octanol–water partition coefficient (Wildman–Crippen LogP) is 4.05. The molecule has 0 atom stereocenters. The topological polar surface area (TPSA) is 81.4 Å². The maximum atomic E-state index is 12.5. The molecule has 0 aliphatic carbocycles. The summed E-state index contributed by atoms with van der Waals surface area (Å²) >= 11 is 5.99. The molecule has 148 valence electrons. The molecule has 0 spiro atoms. The lowest BCUT2D eigenvalue weighted by molar-refractivity contribution is -0.120. The van der Waals surface area contributed by atoms with Crippen molar-refractivity contribution in [3.63, 3.8) is 0 Å². The van der Waals surface area contributed by atoms with E-state index in [-0.39, 0.29) is 12.5 Å². The van der Waals surface area contributed by atoms with Gasteiger partial charge in [-0.1, -0.05) is 49.7 Å². The molecule has 5 nitrogen and oxygen atoms in total. The Kier molecular flexibility index (Phi) is 7.64. The van der Waals surface area contributed by atoms with Crippen LogP contribution in [0.1, 0.15) is 37.8 Å². The van der Waals surface area contributed by atoms with Crippen LogP contribution in [0.4, 0.5) is 0 Å². The van der Waals surface area contributed by atoms with Crippen molar-refractivity contribution in [3.8, 4) is 5.75 Å².